The van der Waals surface area contributed by atoms with E-state index in [1.165, 1.54) is 0 Å². The van der Waals surface area contributed by atoms with Gasteiger partial charge in [0.15, 0.2) is 0 Å². The Bertz CT molecular complexity index is 668. The summed E-state index contributed by atoms with van der Waals surface area (Å²) in [7, 11) is 0. The van der Waals surface area contributed by atoms with Crippen molar-refractivity contribution in [2.75, 3.05) is 11.9 Å². The highest BCUT2D eigenvalue weighted by Crippen LogP contribution is 2.26. The Labute approximate surface area is 115 Å². The lowest BCUT2D eigenvalue weighted by Crippen LogP contribution is -2.20. The van der Waals surface area contributed by atoms with E-state index >= 15 is 0 Å². The molecule has 0 saturated carbocycles. The maximum atomic E-state index is 9.82. The second-order valence-corrected chi connectivity index (χ2v) is 5.18. The minimum absolute atomic E-state index is 0.327. The zero-order valence-corrected chi connectivity index (χ0v) is 10.9. The van der Waals surface area contributed by atoms with Crippen LogP contribution in [-0.2, 0) is 0 Å². The molecule has 0 amide bonds. The van der Waals surface area contributed by atoms with Crippen LogP contribution in [0.15, 0.2) is 40.7 Å². The standard InChI is InChI=1S/C15H12N2OS/c1-2-10-5-6-12-11(8-10)15(13-4-3-7-19-13)16-9-14(18)17-12/h1,3-8,14,17-18H,9H2/t14-/m0/s1. The number of hydrogen-bond acceptors (Lipinski definition) is 4. The van der Waals surface area contributed by atoms with Gasteiger partial charge in [-0.3, -0.25) is 4.99 Å². The molecular formula is C15H12N2OS. The van der Waals surface area contributed by atoms with Crippen molar-refractivity contribution in [3.8, 4) is 12.3 Å². The third-order valence-electron chi connectivity index (χ3n) is 2.94. The van der Waals surface area contributed by atoms with E-state index in [0.717, 1.165) is 27.4 Å². The predicted octanol–water partition coefficient (Wildman–Crippen LogP) is 2.31. The third kappa shape index (κ3) is 2.26. The number of aliphatic imine (C=N–C) groups is 1. The molecule has 2 N–H and O–H groups in total. The summed E-state index contributed by atoms with van der Waals surface area (Å²) >= 11 is 1.63. The number of aliphatic hydroxyl groups is 1. The molecule has 94 valence electrons. The number of benzodiazepines with no additional fused rings is 1. The Morgan fingerprint density at radius 1 is 1.42 bits per heavy atom. The molecule has 3 rings (SSSR count). The molecule has 1 aromatic heterocycles. The third-order valence-corrected chi connectivity index (χ3v) is 3.82. The lowest BCUT2D eigenvalue weighted by molar-refractivity contribution is 0.213. The summed E-state index contributed by atoms with van der Waals surface area (Å²) in [5.41, 5.74) is 3.48. The minimum Gasteiger partial charge on any atom is -0.372 e. The largest absolute Gasteiger partial charge is 0.372 e. The van der Waals surface area contributed by atoms with Crippen LogP contribution >= 0.6 is 11.3 Å². The van der Waals surface area contributed by atoms with Gasteiger partial charge < -0.3 is 10.4 Å². The van der Waals surface area contributed by atoms with Crippen LogP contribution in [0.25, 0.3) is 0 Å². The minimum atomic E-state index is -0.673. The first-order valence-electron chi connectivity index (χ1n) is 5.92. The number of fused-ring (bicyclic) bond motifs is 1. The molecule has 1 aromatic carbocycles. The first-order valence-corrected chi connectivity index (χ1v) is 6.80. The average molecular weight is 268 g/mol. The van der Waals surface area contributed by atoms with Gasteiger partial charge in [-0.1, -0.05) is 12.0 Å². The van der Waals surface area contributed by atoms with E-state index in [0.29, 0.717) is 6.54 Å². The number of terminal acetylenes is 1. The van der Waals surface area contributed by atoms with Crippen molar-refractivity contribution in [1.82, 2.24) is 0 Å². The molecule has 0 unspecified atom stereocenters. The maximum absolute atomic E-state index is 9.82. The molecule has 0 bridgehead atoms. The molecule has 0 saturated heterocycles. The Kier molecular flexibility index (Phi) is 3.08. The highest BCUT2D eigenvalue weighted by atomic mass is 32.1. The topological polar surface area (TPSA) is 44.6 Å². The summed E-state index contributed by atoms with van der Waals surface area (Å²) < 4.78 is 0. The summed E-state index contributed by atoms with van der Waals surface area (Å²) in [5, 5.41) is 14.9. The highest BCUT2D eigenvalue weighted by molar-refractivity contribution is 7.12. The van der Waals surface area contributed by atoms with Crippen LogP contribution in [0.2, 0.25) is 0 Å². The number of rotatable bonds is 1. The summed E-state index contributed by atoms with van der Waals surface area (Å²) in [4.78, 5) is 5.58. The zero-order chi connectivity index (χ0) is 13.2. The maximum Gasteiger partial charge on any atom is 0.144 e. The second kappa shape index (κ2) is 4.88. The fourth-order valence-corrected chi connectivity index (χ4v) is 2.81. The monoisotopic (exact) mass is 268 g/mol. The molecule has 0 spiro atoms. The number of thiophene rings is 1. The van der Waals surface area contributed by atoms with Crippen LogP contribution in [0, 0.1) is 12.3 Å². The fourth-order valence-electron chi connectivity index (χ4n) is 2.07. The van der Waals surface area contributed by atoms with Gasteiger partial charge >= 0.3 is 0 Å². The van der Waals surface area contributed by atoms with E-state index in [-0.39, 0.29) is 0 Å². The summed E-state index contributed by atoms with van der Waals surface area (Å²) in [6.07, 6.45) is 4.78. The number of nitrogens with one attached hydrogen (secondary N) is 1. The summed E-state index contributed by atoms with van der Waals surface area (Å²) in [6.45, 7) is 0.327. The molecule has 19 heavy (non-hydrogen) atoms. The number of aliphatic hydroxyl groups excluding tert-OH is 1. The van der Waals surface area contributed by atoms with Gasteiger partial charge in [-0.05, 0) is 29.6 Å². The summed E-state index contributed by atoms with van der Waals surface area (Å²) in [5.74, 6) is 2.63. The van der Waals surface area contributed by atoms with Crippen molar-refractivity contribution in [3.05, 3.63) is 51.7 Å². The first-order chi connectivity index (χ1) is 9.28. The van der Waals surface area contributed by atoms with Crippen LogP contribution in [0.4, 0.5) is 5.69 Å². The zero-order valence-electron chi connectivity index (χ0n) is 10.1. The predicted molar refractivity (Wildman–Crippen MR) is 78.8 cm³/mol. The number of anilines is 1. The van der Waals surface area contributed by atoms with Crippen molar-refractivity contribution in [2.45, 2.75) is 6.23 Å². The molecule has 4 heteroatoms. The van der Waals surface area contributed by atoms with E-state index in [1.54, 1.807) is 11.3 Å². The van der Waals surface area contributed by atoms with Gasteiger partial charge in [0.2, 0.25) is 0 Å². The Morgan fingerprint density at radius 2 is 2.32 bits per heavy atom. The molecule has 2 heterocycles. The second-order valence-electron chi connectivity index (χ2n) is 4.23. The van der Waals surface area contributed by atoms with Gasteiger partial charge in [-0.25, -0.2) is 0 Å². The number of nitrogens with zero attached hydrogens (tertiary/aromatic N) is 1. The lowest BCUT2D eigenvalue weighted by atomic mass is 10.0. The van der Waals surface area contributed by atoms with Gasteiger partial charge in [0, 0.05) is 16.8 Å². The van der Waals surface area contributed by atoms with Gasteiger partial charge in [0.1, 0.15) is 6.23 Å². The van der Waals surface area contributed by atoms with Crippen LogP contribution in [0.5, 0.6) is 0 Å². The van der Waals surface area contributed by atoms with Crippen molar-refractivity contribution < 1.29 is 5.11 Å². The molecule has 1 aliphatic rings. The van der Waals surface area contributed by atoms with Gasteiger partial charge in [-0.2, -0.15) is 0 Å². The van der Waals surface area contributed by atoms with E-state index in [4.69, 9.17) is 6.42 Å². The average Bonchev–Trinajstić information content (AvgIpc) is 2.89. The van der Waals surface area contributed by atoms with Crippen LogP contribution in [0.1, 0.15) is 16.0 Å². The number of benzene rings is 1. The van der Waals surface area contributed by atoms with E-state index in [1.807, 2.05) is 35.7 Å². The Balaban J connectivity index is 2.18. The van der Waals surface area contributed by atoms with E-state index < -0.39 is 6.23 Å². The molecule has 0 aliphatic carbocycles. The molecule has 0 radical (unpaired) electrons. The van der Waals surface area contributed by atoms with Crippen molar-refractivity contribution in [3.63, 3.8) is 0 Å². The van der Waals surface area contributed by atoms with E-state index in [2.05, 4.69) is 16.2 Å². The molecule has 0 fully saturated rings. The summed E-state index contributed by atoms with van der Waals surface area (Å²) in [6, 6.07) is 9.69. The smallest absolute Gasteiger partial charge is 0.144 e. The number of hydrogen-bond donors (Lipinski definition) is 2. The molecule has 3 nitrogen and oxygen atoms in total. The van der Waals surface area contributed by atoms with Crippen molar-refractivity contribution in [2.24, 2.45) is 4.99 Å². The Hall–Kier alpha value is -2.09. The lowest BCUT2D eigenvalue weighted by Gasteiger charge is -2.12. The first kappa shape index (κ1) is 12.0. The van der Waals surface area contributed by atoms with Crippen LogP contribution in [-0.4, -0.2) is 23.6 Å². The molecule has 1 atom stereocenters. The quantitative estimate of drug-likeness (QED) is 0.780. The molecule has 1 aliphatic heterocycles. The van der Waals surface area contributed by atoms with Gasteiger partial charge in [-0.15, -0.1) is 17.8 Å². The SMILES string of the molecule is C#Cc1ccc2c(c1)C(c1cccs1)=NC[C@H](O)N2. The van der Waals surface area contributed by atoms with Gasteiger partial charge in [0.05, 0.1) is 17.1 Å². The van der Waals surface area contributed by atoms with Crippen LogP contribution < -0.4 is 5.32 Å². The molecule has 2 aromatic rings. The highest BCUT2D eigenvalue weighted by Gasteiger charge is 2.18. The fraction of sp³-hybridized carbons (Fsp3) is 0.133. The Morgan fingerprint density at radius 3 is 3.05 bits per heavy atom. The van der Waals surface area contributed by atoms with Crippen molar-refractivity contribution in [1.29, 1.82) is 0 Å². The van der Waals surface area contributed by atoms with Crippen molar-refractivity contribution >= 4 is 22.7 Å². The van der Waals surface area contributed by atoms with Gasteiger partial charge in [0.25, 0.3) is 0 Å². The van der Waals surface area contributed by atoms with E-state index in [9.17, 15) is 5.11 Å². The molecular weight excluding hydrogens is 256 g/mol. The normalized spacial score (nSPS) is 17.7. The van der Waals surface area contributed by atoms with Crippen LogP contribution in [0.3, 0.4) is 0 Å².